The summed E-state index contributed by atoms with van der Waals surface area (Å²) in [6, 6.07) is 12.7. The zero-order valence-corrected chi connectivity index (χ0v) is 15.0. The fourth-order valence-corrected chi connectivity index (χ4v) is 2.72. The van der Waals surface area contributed by atoms with Crippen LogP contribution in [0, 0.1) is 15.0 Å². The lowest BCUT2D eigenvalue weighted by atomic mass is 10.1. The summed E-state index contributed by atoms with van der Waals surface area (Å²) < 4.78 is 7.60. The molecule has 2 aromatic carbocycles. The molecular weight excluding hydrogens is 410 g/mol. The zero-order chi connectivity index (χ0) is 18.0. The summed E-state index contributed by atoms with van der Waals surface area (Å²) in [4.78, 5) is 22.5. The highest BCUT2D eigenvalue weighted by atomic mass is 79.9. The Labute approximate surface area is 155 Å². The Morgan fingerprint density at radius 2 is 2.00 bits per heavy atom. The van der Waals surface area contributed by atoms with Gasteiger partial charge in [0.1, 0.15) is 6.54 Å². The number of nitro groups is 1. The van der Waals surface area contributed by atoms with E-state index < -0.39 is 4.92 Å². The number of Topliss-reactive ketones (excluding diaryl/α,β-unsaturated/α-hetero) is 1. The third-order valence-corrected chi connectivity index (χ3v) is 4.16. The molecule has 0 spiro atoms. The Morgan fingerprint density at radius 1 is 1.28 bits per heavy atom. The van der Waals surface area contributed by atoms with E-state index in [0.29, 0.717) is 11.5 Å². The fourth-order valence-electron chi connectivity index (χ4n) is 2.14. The predicted octanol–water partition coefficient (Wildman–Crippen LogP) is 4.43. The molecule has 0 amide bonds. The van der Waals surface area contributed by atoms with Crippen LogP contribution < -0.4 is 0 Å². The molecule has 3 aromatic rings. The van der Waals surface area contributed by atoms with Gasteiger partial charge >= 0.3 is 0 Å². The molecule has 0 aliphatic heterocycles. The van der Waals surface area contributed by atoms with Crippen molar-refractivity contribution in [2.45, 2.75) is 6.54 Å². The molecule has 1 heterocycles. The molecule has 0 saturated heterocycles. The number of hydrogen-bond donors (Lipinski definition) is 0. The molecule has 7 nitrogen and oxygen atoms in total. The number of aromatic nitrogens is 2. The summed E-state index contributed by atoms with van der Waals surface area (Å²) in [6.45, 7) is -0.117. The van der Waals surface area contributed by atoms with Crippen molar-refractivity contribution in [1.29, 1.82) is 0 Å². The van der Waals surface area contributed by atoms with Crippen LogP contribution in [0.15, 0.2) is 57.4 Å². The third-order valence-electron chi connectivity index (χ3n) is 3.37. The van der Waals surface area contributed by atoms with Gasteiger partial charge in [-0.3, -0.25) is 14.9 Å². The van der Waals surface area contributed by atoms with E-state index in [4.69, 9.17) is 16.6 Å². The Hall–Kier alpha value is -2.65. The van der Waals surface area contributed by atoms with E-state index in [-0.39, 0.29) is 22.9 Å². The van der Waals surface area contributed by atoms with E-state index in [1.165, 1.54) is 28.9 Å². The Kier molecular flexibility index (Phi) is 4.86. The first-order chi connectivity index (χ1) is 11.9. The SMILES string of the molecule is O=C(Cn1nc(-c2cccc(Br)c2)oc1=S)c1ccc([N+](=O)[O-])cc1. The number of carbonyl (C=O) groups is 1. The van der Waals surface area contributed by atoms with Crippen molar-refractivity contribution in [3.05, 3.63) is 73.5 Å². The van der Waals surface area contributed by atoms with Crippen LogP contribution in [0.3, 0.4) is 0 Å². The zero-order valence-electron chi connectivity index (χ0n) is 12.6. The number of non-ortho nitro benzene ring substituents is 1. The number of ketones is 1. The van der Waals surface area contributed by atoms with Gasteiger partial charge in [-0.15, -0.1) is 5.10 Å². The van der Waals surface area contributed by atoms with E-state index in [0.717, 1.165) is 10.0 Å². The van der Waals surface area contributed by atoms with E-state index in [2.05, 4.69) is 21.0 Å². The summed E-state index contributed by atoms with van der Waals surface area (Å²) in [6.07, 6.45) is 0. The molecule has 0 N–H and O–H groups in total. The number of nitro benzene ring substituents is 1. The number of benzene rings is 2. The maximum atomic E-state index is 12.3. The summed E-state index contributed by atoms with van der Waals surface area (Å²) >= 11 is 8.48. The van der Waals surface area contributed by atoms with Gasteiger partial charge in [0.2, 0.25) is 5.89 Å². The van der Waals surface area contributed by atoms with Crippen molar-refractivity contribution < 1.29 is 14.1 Å². The molecule has 126 valence electrons. The van der Waals surface area contributed by atoms with Crippen molar-refractivity contribution in [3.8, 4) is 11.5 Å². The second kappa shape index (κ2) is 7.08. The van der Waals surface area contributed by atoms with Crippen LogP contribution in [0.1, 0.15) is 10.4 Å². The van der Waals surface area contributed by atoms with Crippen LogP contribution in [0.2, 0.25) is 0 Å². The maximum Gasteiger partial charge on any atom is 0.287 e. The van der Waals surface area contributed by atoms with E-state index in [1.54, 1.807) is 0 Å². The van der Waals surface area contributed by atoms with Crippen molar-refractivity contribution >= 4 is 39.6 Å². The topological polar surface area (TPSA) is 91.2 Å². The van der Waals surface area contributed by atoms with Gasteiger partial charge in [0, 0.05) is 27.7 Å². The normalized spacial score (nSPS) is 10.6. The van der Waals surface area contributed by atoms with Gasteiger partial charge < -0.3 is 4.42 Å². The van der Waals surface area contributed by atoms with Crippen LogP contribution in [0.4, 0.5) is 5.69 Å². The van der Waals surface area contributed by atoms with Gasteiger partial charge in [-0.25, -0.2) is 4.68 Å². The minimum atomic E-state index is -0.522. The number of halogens is 1. The van der Waals surface area contributed by atoms with Gasteiger partial charge in [-0.1, -0.05) is 22.0 Å². The number of rotatable bonds is 5. The Balaban J connectivity index is 1.82. The first kappa shape index (κ1) is 17.2. The third kappa shape index (κ3) is 3.89. The van der Waals surface area contributed by atoms with Crippen LogP contribution in [0.5, 0.6) is 0 Å². The quantitative estimate of drug-likeness (QED) is 0.263. The molecule has 0 bridgehead atoms. The van der Waals surface area contributed by atoms with Gasteiger partial charge in [-0.2, -0.15) is 0 Å². The first-order valence-corrected chi connectivity index (χ1v) is 8.26. The van der Waals surface area contributed by atoms with Crippen molar-refractivity contribution in [1.82, 2.24) is 9.78 Å². The molecule has 0 aliphatic rings. The fraction of sp³-hybridized carbons (Fsp3) is 0.0625. The van der Waals surface area contributed by atoms with E-state index >= 15 is 0 Å². The van der Waals surface area contributed by atoms with Crippen LogP contribution >= 0.6 is 28.1 Å². The minimum Gasteiger partial charge on any atom is -0.409 e. The van der Waals surface area contributed by atoms with Gasteiger partial charge in [0.05, 0.1) is 4.92 Å². The number of nitrogens with zero attached hydrogens (tertiary/aromatic N) is 3. The molecule has 9 heteroatoms. The highest BCUT2D eigenvalue weighted by molar-refractivity contribution is 9.10. The maximum absolute atomic E-state index is 12.3. The second-order valence-electron chi connectivity index (χ2n) is 5.07. The van der Waals surface area contributed by atoms with E-state index in [1.807, 2.05) is 24.3 Å². The molecule has 0 saturated carbocycles. The van der Waals surface area contributed by atoms with E-state index in [9.17, 15) is 14.9 Å². The second-order valence-corrected chi connectivity index (χ2v) is 6.33. The monoisotopic (exact) mass is 419 g/mol. The largest absolute Gasteiger partial charge is 0.409 e. The van der Waals surface area contributed by atoms with Gasteiger partial charge in [-0.05, 0) is 42.5 Å². The number of hydrogen-bond acceptors (Lipinski definition) is 6. The lowest BCUT2D eigenvalue weighted by Gasteiger charge is -2.00. The van der Waals surface area contributed by atoms with Gasteiger partial charge in [0.25, 0.3) is 10.5 Å². The van der Waals surface area contributed by atoms with Crippen LogP contribution in [-0.2, 0) is 6.54 Å². The summed E-state index contributed by atoms with van der Waals surface area (Å²) in [5.41, 5.74) is 0.980. The number of carbonyl (C=O) groups excluding carboxylic acids is 1. The summed E-state index contributed by atoms with van der Waals surface area (Å²) in [7, 11) is 0. The average molecular weight is 420 g/mol. The minimum absolute atomic E-state index is 0.0743. The van der Waals surface area contributed by atoms with Crippen LogP contribution in [0.25, 0.3) is 11.5 Å². The lowest BCUT2D eigenvalue weighted by Crippen LogP contribution is -2.11. The lowest BCUT2D eigenvalue weighted by molar-refractivity contribution is -0.384. The molecule has 3 rings (SSSR count). The molecule has 25 heavy (non-hydrogen) atoms. The first-order valence-electron chi connectivity index (χ1n) is 7.05. The summed E-state index contributed by atoms with van der Waals surface area (Å²) in [5.74, 6) is 0.0305. The highest BCUT2D eigenvalue weighted by Crippen LogP contribution is 2.22. The molecule has 0 fully saturated rings. The smallest absolute Gasteiger partial charge is 0.287 e. The van der Waals surface area contributed by atoms with Crippen molar-refractivity contribution in [2.24, 2.45) is 0 Å². The average Bonchev–Trinajstić information content (AvgIpc) is 2.96. The molecule has 1 aromatic heterocycles. The standard InChI is InChI=1S/C16H10BrN3O4S/c17-12-3-1-2-11(8-12)15-18-19(16(25)24-15)9-14(21)10-4-6-13(7-5-10)20(22)23/h1-8H,9H2. The molecule has 0 atom stereocenters. The Morgan fingerprint density at radius 3 is 2.64 bits per heavy atom. The molecule has 0 unspecified atom stereocenters. The predicted molar refractivity (Wildman–Crippen MR) is 95.9 cm³/mol. The summed E-state index contributed by atoms with van der Waals surface area (Å²) in [5, 5.41) is 14.9. The van der Waals surface area contributed by atoms with Crippen molar-refractivity contribution in [3.63, 3.8) is 0 Å². The van der Waals surface area contributed by atoms with Crippen LogP contribution in [-0.4, -0.2) is 20.5 Å². The molecule has 0 aliphatic carbocycles. The Bertz CT molecular complexity index is 1010. The van der Waals surface area contributed by atoms with Gasteiger partial charge in [0.15, 0.2) is 5.78 Å². The molecule has 0 radical (unpaired) electrons. The van der Waals surface area contributed by atoms with Crippen molar-refractivity contribution in [2.75, 3.05) is 0 Å². The molecular formula is C16H10BrN3O4S. The highest BCUT2D eigenvalue weighted by Gasteiger charge is 2.14.